The number of aryl methyl sites for hydroxylation is 1. The Kier molecular flexibility index (Phi) is 3.05. The van der Waals surface area contributed by atoms with Crippen LogP contribution < -0.4 is 0 Å². The third-order valence-electron chi connectivity index (χ3n) is 2.15. The van der Waals surface area contributed by atoms with Crippen LogP contribution in [0.3, 0.4) is 0 Å². The van der Waals surface area contributed by atoms with Crippen molar-refractivity contribution in [3.8, 4) is 0 Å². The molecule has 0 aliphatic carbocycles. The van der Waals surface area contributed by atoms with Crippen molar-refractivity contribution in [1.29, 1.82) is 0 Å². The Bertz CT molecular complexity index is 471. The minimum Gasteiger partial charge on any atom is -0.463 e. The molecule has 0 saturated carbocycles. The van der Waals surface area contributed by atoms with E-state index in [1.54, 1.807) is 30.3 Å². The van der Waals surface area contributed by atoms with Crippen molar-refractivity contribution in [3.05, 3.63) is 59.5 Å². The van der Waals surface area contributed by atoms with Crippen molar-refractivity contribution >= 4 is 5.97 Å². The summed E-state index contributed by atoms with van der Waals surface area (Å²) < 4.78 is 10.4. The minimum atomic E-state index is -0.338. The Morgan fingerprint density at radius 3 is 2.56 bits per heavy atom. The maximum atomic E-state index is 11.6. The number of esters is 1. The maximum Gasteiger partial charge on any atom is 0.338 e. The number of furan rings is 1. The lowest BCUT2D eigenvalue weighted by atomic mass is 10.2. The lowest BCUT2D eigenvalue weighted by Gasteiger charge is -2.02. The van der Waals surface area contributed by atoms with Crippen molar-refractivity contribution in [3.63, 3.8) is 0 Å². The van der Waals surface area contributed by atoms with Gasteiger partial charge in [0.15, 0.2) is 0 Å². The van der Waals surface area contributed by atoms with Crippen LogP contribution in [0.25, 0.3) is 0 Å². The summed E-state index contributed by atoms with van der Waals surface area (Å²) in [6, 6.07) is 12.5. The van der Waals surface area contributed by atoms with E-state index < -0.39 is 0 Å². The van der Waals surface area contributed by atoms with Crippen molar-refractivity contribution < 1.29 is 13.9 Å². The van der Waals surface area contributed by atoms with Crippen LogP contribution in [0.5, 0.6) is 0 Å². The van der Waals surface area contributed by atoms with E-state index in [0.29, 0.717) is 11.3 Å². The number of carbonyl (C=O) groups is 1. The molecule has 0 amide bonds. The van der Waals surface area contributed by atoms with Gasteiger partial charge in [-0.1, -0.05) is 18.2 Å². The first-order chi connectivity index (χ1) is 7.75. The van der Waals surface area contributed by atoms with E-state index in [-0.39, 0.29) is 12.6 Å². The average molecular weight is 216 g/mol. The monoisotopic (exact) mass is 216 g/mol. The molecule has 1 heterocycles. The molecule has 0 bridgehead atoms. The largest absolute Gasteiger partial charge is 0.463 e. The molecule has 0 aliphatic heterocycles. The van der Waals surface area contributed by atoms with Crippen LogP contribution >= 0.6 is 0 Å². The summed E-state index contributed by atoms with van der Waals surface area (Å²) >= 11 is 0. The molecule has 0 aliphatic rings. The van der Waals surface area contributed by atoms with E-state index in [1.165, 1.54) is 0 Å². The van der Waals surface area contributed by atoms with Crippen LogP contribution in [0, 0.1) is 6.92 Å². The second-order valence-corrected chi connectivity index (χ2v) is 3.45. The molecule has 0 spiro atoms. The topological polar surface area (TPSA) is 39.4 Å². The maximum absolute atomic E-state index is 11.6. The number of hydrogen-bond donors (Lipinski definition) is 0. The van der Waals surface area contributed by atoms with Crippen LogP contribution in [-0.4, -0.2) is 5.97 Å². The molecular formula is C13H12O3. The molecule has 0 N–H and O–H groups in total. The molecule has 0 radical (unpaired) electrons. The number of carbonyl (C=O) groups excluding carboxylic acids is 1. The Labute approximate surface area is 93.7 Å². The molecule has 2 rings (SSSR count). The SMILES string of the molecule is Cc1ccc(COC(=O)c2ccccc2)o1. The summed E-state index contributed by atoms with van der Waals surface area (Å²) in [7, 11) is 0. The van der Waals surface area contributed by atoms with Gasteiger partial charge in [-0.25, -0.2) is 4.79 Å². The molecule has 1 aromatic heterocycles. The Balaban J connectivity index is 1.94. The van der Waals surface area contributed by atoms with Gasteiger partial charge < -0.3 is 9.15 Å². The highest BCUT2D eigenvalue weighted by molar-refractivity contribution is 5.89. The predicted molar refractivity (Wildman–Crippen MR) is 59.0 cm³/mol. The van der Waals surface area contributed by atoms with Gasteiger partial charge in [0.05, 0.1) is 5.56 Å². The van der Waals surface area contributed by atoms with Crippen molar-refractivity contribution in [1.82, 2.24) is 0 Å². The third kappa shape index (κ3) is 2.51. The zero-order chi connectivity index (χ0) is 11.4. The van der Waals surface area contributed by atoms with Crippen molar-refractivity contribution in [2.24, 2.45) is 0 Å². The number of ether oxygens (including phenoxy) is 1. The van der Waals surface area contributed by atoms with Crippen molar-refractivity contribution in [2.75, 3.05) is 0 Å². The molecule has 2 aromatic rings. The molecule has 3 heteroatoms. The van der Waals surface area contributed by atoms with Gasteiger partial charge in [0.2, 0.25) is 0 Å². The van der Waals surface area contributed by atoms with E-state index >= 15 is 0 Å². The highest BCUT2D eigenvalue weighted by atomic mass is 16.5. The van der Waals surface area contributed by atoms with Gasteiger partial charge in [0.1, 0.15) is 18.1 Å². The van der Waals surface area contributed by atoms with Gasteiger partial charge in [0, 0.05) is 0 Å². The fourth-order valence-electron chi connectivity index (χ4n) is 1.36. The summed E-state index contributed by atoms with van der Waals surface area (Å²) in [5.74, 6) is 1.13. The molecule has 0 atom stereocenters. The Morgan fingerprint density at radius 1 is 1.19 bits per heavy atom. The molecule has 1 aromatic carbocycles. The first-order valence-corrected chi connectivity index (χ1v) is 5.03. The summed E-state index contributed by atoms with van der Waals surface area (Å²) in [5, 5.41) is 0. The fraction of sp³-hybridized carbons (Fsp3) is 0.154. The molecule has 0 unspecified atom stereocenters. The standard InChI is InChI=1S/C13H12O3/c1-10-7-8-12(16-10)9-15-13(14)11-5-3-2-4-6-11/h2-8H,9H2,1H3. The highest BCUT2D eigenvalue weighted by Crippen LogP contribution is 2.09. The lowest BCUT2D eigenvalue weighted by Crippen LogP contribution is -2.04. The molecular weight excluding hydrogens is 204 g/mol. The molecule has 3 nitrogen and oxygen atoms in total. The first kappa shape index (κ1) is 10.5. The first-order valence-electron chi connectivity index (χ1n) is 5.03. The molecule has 0 fully saturated rings. The number of rotatable bonds is 3. The summed E-state index contributed by atoms with van der Waals surface area (Å²) in [5.41, 5.74) is 0.547. The van der Waals surface area contributed by atoms with Crippen LogP contribution in [0.15, 0.2) is 46.9 Å². The molecule has 82 valence electrons. The minimum absolute atomic E-state index is 0.168. The van der Waals surface area contributed by atoms with Gasteiger partial charge in [-0.3, -0.25) is 0 Å². The fourth-order valence-corrected chi connectivity index (χ4v) is 1.36. The highest BCUT2D eigenvalue weighted by Gasteiger charge is 2.07. The van der Waals surface area contributed by atoms with Gasteiger partial charge in [-0.05, 0) is 31.2 Å². The van der Waals surface area contributed by atoms with Crippen LogP contribution in [0.1, 0.15) is 21.9 Å². The average Bonchev–Trinajstić information content (AvgIpc) is 2.73. The zero-order valence-electron chi connectivity index (χ0n) is 8.97. The van der Waals surface area contributed by atoms with E-state index in [9.17, 15) is 4.79 Å². The summed E-state index contributed by atoms with van der Waals surface area (Å²) in [6.45, 7) is 2.02. The quantitative estimate of drug-likeness (QED) is 0.740. The van der Waals surface area contributed by atoms with Crippen molar-refractivity contribution in [2.45, 2.75) is 13.5 Å². The lowest BCUT2D eigenvalue weighted by molar-refractivity contribution is 0.0444. The van der Waals surface area contributed by atoms with Crippen LogP contribution in [-0.2, 0) is 11.3 Å². The zero-order valence-corrected chi connectivity index (χ0v) is 8.97. The normalized spacial score (nSPS) is 10.1. The van der Waals surface area contributed by atoms with E-state index in [0.717, 1.165) is 5.76 Å². The predicted octanol–water partition coefficient (Wildman–Crippen LogP) is 2.95. The van der Waals surface area contributed by atoms with E-state index in [1.807, 2.05) is 19.1 Å². The number of hydrogen-bond acceptors (Lipinski definition) is 3. The Hall–Kier alpha value is -2.03. The summed E-state index contributed by atoms with van der Waals surface area (Å²) in [4.78, 5) is 11.6. The van der Waals surface area contributed by atoms with Gasteiger partial charge in [-0.15, -0.1) is 0 Å². The smallest absolute Gasteiger partial charge is 0.338 e. The van der Waals surface area contributed by atoms with Gasteiger partial charge in [-0.2, -0.15) is 0 Å². The van der Waals surface area contributed by atoms with Gasteiger partial charge in [0.25, 0.3) is 0 Å². The second kappa shape index (κ2) is 4.66. The van der Waals surface area contributed by atoms with Crippen LogP contribution in [0.4, 0.5) is 0 Å². The number of benzene rings is 1. The second-order valence-electron chi connectivity index (χ2n) is 3.45. The van der Waals surface area contributed by atoms with E-state index in [4.69, 9.17) is 9.15 Å². The Morgan fingerprint density at radius 2 is 1.94 bits per heavy atom. The van der Waals surface area contributed by atoms with Crippen LogP contribution in [0.2, 0.25) is 0 Å². The third-order valence-corrected chi connectivity index (χ3v) is 2.15. The summed E-state index contributed by atoms with van der Waals surface area (Å²) in [6.07, 6.45) is 0. The van der Waals surface area contributed by atoms with E-state index in [2.05, 4.69) is 0 Å². The molecule has 16 heavy (non-hydrogen) atoms. The van der Waals surface area contributed by atoms with Gasteiger partial charge >= 0.3 is 5.97 Å². The molecule has 0 saturated heterocycles.